The average molecular weight is 475 g/mol. The number of pyridine rings is 1. The number of aryl methyl sites for hydroxylation is 1. The minimum absolute atomic E-state index is 0.0222. The molecule has 0 radical (unpaired) electrons. The lowest BCUT2D eigenvalue weighted by Gasteiger charge is -2.45. The fourth-order valence-corrected chi connectivity index (χ4v) is 4.68. The van der Waals surface area contributed by atoms with E-state index in [0.29, 0.717) is 23.4 Å². The van der Waals surface area contributed by atoms with Crippen molar-refractivity contribution in [3.05, 3.63) is 62.1 Å². The summed E-state index contributed by atoms with van der Waals surface area (Å²) in [6.07, 6.45) is 0. The lowest BCUT2D eigenvalue weighted by Crippen LogP contribution is -2.58. The highest BCUT2D eigenvalue weighted by Gasteiger charge is 2.33. The van der Waals surface area contributed by atoms with Crippen molar-refractivity contribution >= 4 is 11.6 Å². The van der Waals surface area contributed by atoms with Crippen LogP contribution < -0.4 is 15.8 Å². The van der Waals surface area contributed by atoms with E-state index in [0.717, 1.165) is 31.3 Å². The minimum Gasteiger partial charge on any atom is -0.366 e. The van der Waals surface area contributed by atoms with Crippen LogP contribution in [0.5, 0.6) is 0 Å². The lowest BCUT2D eigenvalue weighted by molar-refractivity contribution is 0.0174. The number of carbonyl (C=O) groups is 1. The number of likely N-dealkylation sites (N-methyl/N-ethyl adjacent to an activating group) is 2. The number of anilines is 1. The van der Waals surface area contributed by atoms with Crippen molar-refractivity contribution in [2.45, 2.75) is 66.0 Å². The normalized spacial score (nSPS) is 14.9. The first-order valence-corrected chi connectivity index (χ1v) is 11.8. The molecular formula is C26H36F2N4O2. The van der Waals surface area contributed by atoms with Crippen LogP contribution in [0.3, 0.4) is 0 Å². The van der Waals surface area contributed by atoms with Gasteiger partial charge in [0.15, 0.2) is 0 Å². The molecule has 34 heavy (non-hydrogen) atoms. The fourth-order valence-electron chi connectivity index (χ4n) is 4.68. The zero-order valence-electron chi connectivity index (χ0n) is 21.2. The van der Waals surface area contributed by atoms with Crippen molar-refractivity contribution in [3.8, 4) is 0 Å². The molecule has 1 amide bonds. The first kappa shape index (κ1) is 25.9. The number of rotatable bonds is 8. The quantitative estimate of drug-likeness (QED) is 0.599. The van der Waals surface area contributed by atoms with E-state index in [1.54, 1.807) is 6.92 Å². The van der Waals surface area contributed by atoms with Gasteiger partial charge in [-0.05, 0) is 63.1 Å². The molecule has 2 aromatic rings. The number of alkyl halides is 2. The van der Waals surface area contributed by atoms with Crippen molar-refractivity contribution < 1.29 is 13.6 Å². The third-order valence-electron chi connectivity index (χ3n) is 6.62. The second-order valence-electron chi connectivity index (χ2n) is 9.77. The van der Waals surface area contributed by atoms with Crippen molar-refractivity contribution in [2.24, 2.45) is 0 Å². The fraction of sp³-hybridized carbons (Fsp3) is 0.538. The van der Waals surface area contributed by atoms with Crippen LogP contribution in [0.25, 0.3) is 0 Å². The molecule has 186 valence electrons. The van der Waals surface area contributed by atoms with E-state index in [2.05, 4.69) is 20.1 Å². The molecule has 3 rings (SSSR count). The summed E-state index contributed by atoms with van der Waals surface area (Å²) >= 11 is 0. The number of carbonyl (C=O) groups excluding carboxylic acids is 1. The van der Waals surface area contributed by atoms with Crippen LogP contribution in [0.1, 0.15) is 71.9 Å². The number of nitrogens with one attached hydrogen (secondary N) is 2. The molecule has 1 fully saturated rings. The Kier molecular flexibility index (Phi) is 7.50. The summed E-state index contributed by atoms with van der Waals surface area (Å²) in [7, 11) is 2.02. The number of H-pyrrole nitrogens is 1. The summed E-state index contributed by atoms with van der Waals surface area (Å²) in [4.78, 5) is 32.9. The molecule has 0 bridgehead atoms. The van der Waals surface area contributed by atoms with Gasteiger partial charge in [-0.3, -0.25) is 9.59 Å². The Morgan fingerprint density at radius 3 is 2.44 bits per heavy atom. The Hall–Kier alpha value is -2.74. The van der Waals surface area contributed by atoms with E-state index in [1.807, 2.05) is 40.8 Å². The molecule has 2 heterocycles. The predicted octanol–water partition coefficient (Wildman–Crippen LogP) is 4.30. The SMILES string of the molecule is CCN(c1cc(C(C)(F)F)cc(C(=O)NCc2c(C(C)C)cc(C)[nH]c2=O)c1C)C1CN(C)C1. The molecule has 0 aliphatic carbocycles. The molecule has 1 saturated heterocycles. The van der Waals surface area contributed by atoms with Gasteiger partial charge in [-0.15, -0.1) is 0 Å². The van der Waals surface area contributed by atoms with Gasteiger partial charge in [-0.25, -0.2) is 8.78 Å². The van der Waals surface area contributed by atoms with Crippen LogP contribution in [-0.2, 0) is 12.5 Å². The topological polar surface area (TPSA) is 68.4 Å². The van der Waals surface area contributed by atoms with Gasteiger partial charge < -0.3 is 20.1 Å². The second kappa shape index (κ2) is 9.86. The Morgan fingerprint density at radius 1 is 1.26 bits per heavy atom. The maximum atomic E-state index is 14.4. The van der Waals surface area contributed by atoms with E-state index in [1.165, 1.54) is 12.1 Å². The average Bonchev–Trinajstić information content (AvgIpc) is 2.71. The summed E-state index contributed by atoms with van der Waals surface area (Å²) in [6.45, 7) is 12.8. The largest absolute Gasteiger partial charge is 0.366 e. The number of aromatic nitrogens is 1. The molecule has 2 N–H and O–H groups in total. The number of amides is 1. The highest BCUT2D eigenvalue weighted by atomic mass is 19.3. The van der Waals surface area contributed by atoms with Gasteiger partial charge in [0.25, 0.3) is 17.4 Å². The minimum atomic E-state index is -3.09. The third-order valence-corrected chi connectivity index (χ3v) is 6.62. The van der Waals surface area contributed by atoms with Crippen molar-refractivity contribution in [2.75, 3.05) is 31.6 Å². The van der Waals surface area contributed by atoms with Gasteiger partial charge >= 0.3 is 0 Å². The highest BCUT2D eigenvalue weighted by molar-refractivity contribution is 5.97. The van der Waals surface area contributed by atoms with E-state index in [9.17, 15) is 18.4 Å². The van der Waals surface area contributed by atoms with Crippen LogP contribution in [0.4, 0.5) is 14.5 Å². The number of hydrogen-bond acceptors (Lipinski definition) is 4. The Balaban J connectivity index is 1.98. The summed E-state index contributed by atoms with van der Waals surface area (Å²) in [5, 5.41) is 2.81. The standard InChI is InChI=1S/C26H36F2N4O2/c1-8-32(19-13-31(7)14-19)23-11-18(26(6,27)28)10-21(17(23)5)24(33)29-12-22-20(15(2)3)9-16(4)30-25(22)34/h9-11,15,19H,8,12-14H2,1-7H3,(H,29,33)(H,30,34). The Morgan fingerprint density at radius 2 is 1.91 bits per heavy atom. The maximum absolute atomic E-state index is 14.4. The number of benzene rings is 1. The van der Waals surface area contributed by atoms with E-state index in [4.69, 9.17) is 0 Å². The summed E-state index contributed by atoms with van der Waals surface area (Å²) in [5.74, 6) is -3.46. The van der Waals surface area contributed by atoms with Crippen molar-refractivity contribution in [1.82, 2.24) is 15.2 Å². The molecule has 1 aliphatic rings. The number of hydrogen-bond donors (Lipinski definition) is 2. The Labute approximate surface area is 200 Å². The molecule has 6 nitrogen and oxygen atoms in total. The van der Waals surface area contributed by atoms with Crippen LogP contribution >= 0.6 is 0 Å². The van der Waals surface area contributed by atoms with Gasteiger partial charge in [0, 0.05) is 61.2 Å². The van der Waals surface area contributed by atoms with Crippen LogP contribution in [0.2, 0.25) is 0 Å². The zero-order chi connectivity index (χ0) is 25.4. The summed E-state index contributed by atoms with van der Waals surface area (Å²) in [5.41, 5.74) is 3.17. The third kappa shape index (κ3) is 5.32. The molecule has 0 spiro atoms. The van der Waals surface area contributed by atoms with Crippen molar-refractivity contribution in [1.29, 1.82) is 0 Å². The van der Waals surface area contributed by atoms with E-state index < -0.39 is 11.8 Å². The Bertz CT molecular complexity index is 1120. The first-order chi connectivity index (χ1) is 15.8. The second-order valence-corrected chi connectivity index (χ2v) is 9.77. The molecule has 1 aromatic heterocycles. The number of likely N-dealkylation sites (tertiary alicyclic amines) is 1. The van der Waals surface area contributed by atoms with Crippen LogP contribution in [-0.4, -0.2) is 48.5 Å². The van der Waals surface area contributed by atoms with Crippen LogP contribution in [0.15, 0.2) is 23.0 Å². The number of aromatic amines is 1. The maximum Gasteiger partial charge on any atom is 0.270 e. The van der Waals surface area contributed by atoms with Crippen LogP contribution in [0, 0.1) is 13.8 Å². The summed E-state index contributed by atoms with van der Waals surface area (Å²) in [6, 6.07) is 4.90. The van der Waals surface area contributed by atoms with Gasteiger partial charge in [-0.2, -0.15) is 0 Å². The number of nitrogens with zero attached hydrogens (tertiary/aromatic N) is 2. The van der Waals surface area contributed by atoms with Gasteiger partial charge in [-0.1, -0.05) is 13.8 Å². The van der Waals surface area contributed by atoms with Gasteiger partial charge in [0.1, 0.15) is 0 Å². The predicted molar refractivity (Wildman–Crippen MR) is 132 cm³/mol. The number of halogens is 2. The van der Waals surface area contributed by atoms with Crippen molar-refractivity contribution in [3.63, 3.8) is 0 Å². The highest BCUT2D eigenvalue weighted by Crippen LogP contribution is 2.35. The van der Waals surface area contributed by atoms with Gasteiger partial charge in [0.05, 0.1) is 6.04 Å². The monoisotopic (exact) mass is 474 g/mol. The molecule has 1 aromatic carbocycles. The van der Waals surface area contributed by atoms with Gasteiger partial charge in [0.2, 0.25) is 0 Å². The lowest BCUT2D eigenvalue weighted by atomic mass is 9.96. The molecule has 0 atom stereocenters. The molecule has 0 saturated carbocycles. The zero-order valence-corrected chi connectivity index (χ0v) is 21.2. The molecule has 0 unspecified atom stereocenters. The molecule has 1 aliphatic heterocycles. The van der Waals surface area contributed by atoms with E-state index in [-0.39, 0.29) is 35.2 Å². The molecular weight excluding hydrogens is 438 g/mol. The summed E-state index contributed by atoms with van der Waals surface area (Å²) < 4.78 is 28.8. The molecule has 8 heteroatoms. The first-order valence-electron chi connectivity index (χ1n) is 11.8. The smallest absolute Gasteiger partial charge is 0.270 e. The van der Waals surface area contributed by atoms with E-state index >= 15 is 0 Å².